The molecule has 2 aromatic rings. The Labute approximate surface area is 148 Å². The molecule has 0 saturated carbocycles. The van der Waals surface area contributed by atoms with E-state index in [-0.39, 0.29) is 6.10 Å². The third kappa shape index (κ3) is 3.75. The van der Waals surface area contributed by atoms with E-state index < -0.39 is 0 Å². The number of nitrogens with zero attached hydrogens (tertiary/aromatic N) is 4. The number of ether oxygens (including phenoxy) is 2. The van der Waals surface area contributed by atoms with Gasteiger partial charge in [0.15, 0.2) is 0 Å². The van der Waals surface area contributed by atoms with Gasteiger partial charge >= 0.3 is 0 Å². The fourth-order valence-corrected chi connectivity index (χ4v) is 3.40. The summed E-state index contributed by atoms with van der Waals surface area (Å²) in [4.78, 5) is 13.9. The number of hydrogen-bond acceptors (Lipinski definition) is 6. The predicted octanol–water partition coefficient (Wildman–Crippen LogP) is 2.20. The molecule has 4 rings (SSSR count). The van der Waals surface area contributed by atoms with Crippen LogP contribution < -0.4 is 9.80 Å². The highest BCUT2D eigenvalue weighted by atomic mass is 16.5. The van der Waals surface area contributed by atoms with E-state index >= 15 is 0 Å². The van der Waals surface area contributed by atoms with Crippen LogP contribution in [0.2, 0.25) is 0 Å². The average Bonchev–Trinajstić information content (AvgIpc) is 2.69. The zero-order valence-electron chi connectivity index (χ0n) is 14.6. The topological polar surface area (TPSA) is 50.7 Å². The summed E-state index contributed by atoms with van der Waals surface area (Å²) in [6.07, 6.45) is -0.0320. The van der Waals surface area contributed by atoms with Crippen molar-refractivity contribution in [3.05, 3.63) is 47.9 Å². The maximum Gasteiger partial charge on any atom is 0.132 e. The second-order valence-electron chi connectivity index (χ2n) is 6.44. The van der Waals surface area contributed by atoms with Crippen molar-refractivity contribution in [3.8, 4) is 0 Å². The van der Waals surface area contributed by atoms with Crippen LogP contribution in [0.1, 0.15) is 17.6 Å². The zero-order chi connectivity index (χ0) is 17.1. The highest BCUT2D eigenvalue weighted by Crippen LogP contribution is 2.27. The lowest BCUT2D eigenvalue weighted by Gasteiger charge is -2.35. The number of rotatable bonds is 3. The van der Waals surface area contributed by atoms with Gasteiger partial charge in [0.05, 0.1) is 25.5 Å². The van der Waals surface area contributed by atoms with Crippen LogP contribution in [0.25, 0.3) is 0 Å². The van der Waals surface area contributed by atoms with E-state index in [1.807, 2.05) is 13.0 Å². The molecule has 25 heavy (non-hydrogen) atoms. The first-order valence-corrected chi connectivity index (χ1v) is 8.89. The second-order valence-corrected chi connectivity index (χ2v) is 6.44. The van der Waals surface area contributed by atoms with Gasteiger partial charge in [0.25, 0.3) is 0 Å². The first-order chi connectivity index (χ1) is 12.3. The standard InChI is InChI=1S/C19H24N4O2/c1-15-20-17(13-19(21-15)22-7-10-24-11-8-22)18-14-23(9-12-25-18)16-5-3-2-4-6-16/h2-6,13,18H,7-12,14H2,1H3/t18-/m1/s1. The van der Waals surface area contributed by atoms with Crippen LogP contribution in [0.15, 0.2) is 36.4 Å². The Morgan fingerprint density at radius 3 is 2.52 bits per heavy atom. The minimum atomic E-state index is -0.0320. The molecule has 2 aliphatic heterocycles. The molecule has 0 N–H and O–H groups in total. The monoisotopic (exact) mass is 340 g/mol. The molecule has 0 bridgehead atoms. The van der Waals surface area contributed by atoms with Crippen LogP contribution in [-0.4, -0.2) is 56.0 Å². The molecule has 0 amide bonds. The van der Waals surface area contributed by atoms with Gasteiger partial charge in [0, 0.05) is 37.9 Å². The van der Waals surface area contributed by atoms with Gasteiger partial charge < -0.3 is 19.3 Å². The number of aryl methyl sites for hydroxylation is 1. The summed E-state index contributed by atoms with van der Waals surface area (Å²) >= 11 is 0. The van der Waals surface area contributed by atoms with Gasteiger partial charge in [-0.25, -0.2) is 9.97 Å². The van der Waals surface area contributed by atoms with Gasteiger partial charge in [0.2, 0.25) is 0 Å². The van der Waals surface area contributed by atoms with Crippen molar-refractivity contribution >= 4 is 11.5 Å². The van der Waals surface area contributed by atoms with E-state index in [4.69, 9.17) is 9.47 Å². The van der Waals surface area contributed by atoms with E-state index in [1.165, 1.54) is 5.69 Å². The number of aromatic nitrogens is 2. The third-order valence-electron chi connectivity index (χ3n) is 4.70. The molecular formula is C19H24N4O2. The lowest BCUT2D eigenvalue weighted by atomic mass is 10.1. The molecule has 2 saturated heterocycles. The van der Waals surface area contributed by atoms with Gasteiger partial charge in [-0.3, -0.25) is 0 Å². The molecule has 132 valence electrons. The Bertz CT molecular complexity index is 704. The first kappa shape index (κ1) is 16.3. The SMILES string of the molecule is Cc1nc([C@H]2CN(c3ccccc3)CCO2)cc(N2CCOCC2)n1. The van der Waals surface area contributed by atoms with Crippen molar-refractivity contribution in [3.63, 3.8) is 0 Å². The summed E-state index contributed by atoms with van der Waals surface area (Å²) in [5, 5.41) is 0. The van der Waals surface area contributed by atoms with E-state index in [1.54, 1.807) is 0 Å². The normalized spacial score (nSPS) is 21.4. The highest BCUT2D eigenvalue weighted by Gasteiger charge is 2.25. The number of morpholine rings is 2. The fourth-order valence-electron chi connectivity index (χ4n) is 3.40. The summed E-state index contributed by atoms with van der Waals surface area (Å²) in [5.74, 6) is 1.77. The van der Waals surface area contributed by atoms with Gasteiger partial charge in [-0.2, -0.15) is 0 Å². The Morgan fingerprint density at radius 1 is 0.960 bits per heavy atom. The maximum atomic E-state index is 6.04. The zero-order valence-corrected chi connectivity index (χ0v) is 14.6. The van der Waals surface area contributed by atoms with Crippen molar-refractivity contribution in [1.82, 2.24) is 9.97 Å². The molecule has 2 aliphatic rings. The summed E-state index contributed by atoms with van der Waals surface area (Å²) in [7, 11) is 0. The molecule has 1 atom stereocenters. The number of hydrogen-bond donors (Lipinski definition) is 0. The smallest absolute Gasteiger partial charge is 0.132 e. The summed E-state index contributed by atoms with van der Waals surface area (Å²) < 4.78 is 11.5. The van der Waals surface area contributed by atoms with E-state index in [0.717, 1.165) is 56.7 Å². The minimum Gasteiger partial charge on any atom is -0.378 e. The van der Waals surface area contributed by atoms with Gasteiger partial charge in [-0.15, -0.1) is 0 Å². The van der Waals surface area contributed by atoms with Crippen molar-refractivity contribution < 1.29 is 9.47 Å². The van der Waals surface area contributed by atoms with E-state index in [9.17, 15) is 0 Å². The molecular weight excluding hydrogens is 316 g/mol. The lowest BCUT2D eigenvalue weighted by Crippen LogP contribution is -2.39. The van der Waals surface area contributed by atoms with Gasteiger partial charge in [0.1, 0.15) is 17.7 Å². The van der Waals surface area contributed by atoms with E-state index in [0.29, 0.717) is 6.61 Å². The highest BCUT2D eigenvalue weighted by molar-refractivity contribution is 5.47. The van der Waals surface area contributed by atoms with Crippen molar-refractivity contribution in [1.29, 1.82) is 0 Å². The number of anilines is 2. The quantitative estimate of drug-likeness (QED) is 0.854. The predicted molar refractivity (Wildman–Crippen MR) is 97.1 cm³/mol. The van der Waals surface area contributed by atoms with Crippen LogP contribution in [-0.2, 0) is 9.47 Å². The number of para-hydroxylation sites is 1. The molecule has 1 aromatic heterocycles. The number of benzene rings is 1. The van der Waals surface area contributed by atoms with Crippen molar-refractivity contribution in [2.24, 2.45) is 0 Å². The van der Waals surface area contributed by atoms with Crippen LogP contribution in [0.5, 0.6) is 0 Å². The van der Waals surface area contributed by atoms with E-state index in [2.05, 4.69) is 50.1 Å². The third-order valence-corrected chi connectivity index (χ3v) is 4.70. The Hall–Kier alpha value is -2.18. The Balaban J connectivity index is 1.55. The molecule has 0 aliphatic carbocycles. The fraction of sp³-hybridized carbons (Fsp3) is 0.474. The summed E-state index contributed by atoms with van der Waals surface area (Å²) in [6, 6.07) is 12.6. The largest absolute Gasteiger partial charge is 0.378 e. The lowest BCUT2D eigenvalue weighted by molar-refractivity contribution is 0.0368. The molecule has 6 heteroatoms. The second kappa shape index (κ2) is 7.37. The van der Waals surface area contributed by atoms with Crippen LogP contribution in [0.3, 0.4) is 0 Å². The van der Waals surface area contributed by atoms with Crippen molar-refractivity contribution in [2.45, 2.75) is 13.0 Å². The maximum absolute atomic E-state index is 6.04. The molecule has 0 unspecified atom stereocenters. The van der Waals surface area contributed by atoms with Crippen LogP contribution in [0, 0.1) is 6.92 Å². The molecule has 0 radical (unpaired) electrons. The Morgan fingerprint density at radius 2 is 1.72 bits per heavy atom. The molecule has 3 heterocycles. The van der Waals surface area contributed by atoms with Gasteiger partial charge in [-0.1, -0.05) is 18.2 Å². The van der Waals surface area contributed by atoms with Crippen molar-refractivity contribution in [2.75, 3.05) is 55.8 Å². The molecule has 0 spiro atoms. The molecule has 2 fully saturated rings. The first-order valence-electron chi connectivity index (χ1n) is 8.89. The molecule has 1 aromatic carbocycles. The van der Waals surface area contributed by atoms with Gasteiger partial charge in [-0.05, 0) is 19.1 Å². The van der Waals surface area contributed by atoms with Crippen LogP contribution >= 0.6 is 0 Å². The van der Waals surface area contributed by atoms with Crippen LogP contribution in [0.4, 0.5) is 11.5 Å². The Kier molecular flexibility index (Phi) is 4.81. The summed E-state index contributed by atoms with van der Waals surface area (Å²) in [6.45, 7) is 7.61. The average molecular weight is 340 g/mol. The minimum absolute atomic E-state index is 0.0320. The molecule has 6 nitrogen and oxygen atoms in total. The summed E-state index contributed by atoms with van der Waals surface area (Å²) in [5.41, 5.74) is 2.20.